The fraction of sp³-hybridized carbons (Fsp3) is 0.611. The largest absolute Gasteiger partial charge is 0.497 e. The quantitative estimate of drug-likeness (QED) is 0.716. The van der Waals surface area contributed by atoms with Gasteiger partial charge in [-0.3, -0.25) is 4.79 Å². The maximum absolute atomic E-state index is 12.0. The summed E-state index contributed by atoms with van der Waals surface area (Å²) in [7, 11) is 1.66. The zero-order chi connectivity index (χ0) is 15.7. The molecule has 0 bridgehead atoms. The molecule has 0 aliphatic rings. The van der Waals surface area contributed by atoms with Crippen molar-refractivity contribution < 1.29 is 9.53 Å². The molecule has 0 radical (unpaired) electrons. The molecule has 3 heteroatoms. The van der Waals surface area contributed by atoms with Crippen molar-refractivity contribution >= 4 is 5.78 Å². The van der Waals surface area contributed by atoms with E-state index in [9.17, 15) is 4.79 Å². The lowest BCUT2D eigenvalue weighted by atomic mass is 9.87. The molecule has 0 spiro atoms. The smallest absolute Gasteiger partial charge is 0.133 e. The van der Waals surface area contributed by atoms with E-state index in [-0.39, 0.29) is 0 Å². The molecule has 21 heavy (non-hydrogen) atoms. The molecular weight excluding hydrogens is 262 g/mol. The topological polar surface area (TPSA) is 52.3 Å². The molecule has 0 amide bonds. The number of ether oxygens (including phenoxy) is 1. The first-order chi connectivity index (χ1) is 10.1. The Hall–Kier alpha value is -1.35. The number of benzene rings is 1. The average Bonchev–Trinajstić information content (AvgIpc) is 2.49. The maximum atomic E-state index is 12.0. The molecule has 0 aliphatic heterocycles. The number of rotatable bonds is 10. The number of hydrogen-bond donors (Lipinski definition) is 1. The summed E-state index contributed by atoms with van der Waals surface area (Å²) in [6.07, 6.45) is 4.10. The highest BCUT2D eigenvalue weighted by atomic mass is 16.5. The molecule has 1 aromatic rings. The molecule has 0 saturated carbocycles. The van der Waals surface area contributed by atoms with Gasteiger partial charge in [0, 0.05) is 12.8 Å². The molecular formula is C18H29NO2. The molecule has 118 valence electrons. The van der Waals surface area contributed by atoms with Crippen LogP contribution in [0.3, 0.4) is 0 Å². The second-order valence-electron chi connectivity index (χ2n) is 6.01. The summed E-state index contributed by atoms with van der Waals surface area (Å²) >= 11 is 0. The molecule has 0 aromatic heterocycles. The van der Waals surface area contributed by atoms with Crippen molar-refractivity contribution in [1.29, 1.82) is 0 Å². The lowest BCUT2D eigenvalue weighted by Gasteiger charge is -2.19. The van der Waals surface area contributed by atoms with Crippen LogP contribution in [0.2, 0.25) is 0 Å². The van der Waals surface area contributed by atoms with Crippen molar-refractivity contribution in [1.82, 2.24) is 0 Å². The number of aryl methyl sites for hydroxylation is 1. The molecule has 3 nitrogen and oxygen atoms in total. The van der Waals surface area contributed by atoms with Crippen LogP contribution in [0.1, 0.15) is 45.1 Å². The van der Waals surface area contributed by atoms with E-state index in [1.165, 1.54) is 5.56 Å². The van der Waals surface area contributed by atoms with Gasteiger partial charge in [-0.25, -0.2) is 0 Å². The van der Waals surface area contributed by atoms with E-state index in [0.29, 0.717) is 37.0 Å². The molecule has 0 saturated heterocycles. The fourth-order valence-corrected chi connectivity index (χ4v) is 2.57. The molecule has 0 aliphatic carbocycles. The predicted molar refractivity (Wildman–Crippen MR) is 87.6 cm³/mol. The number of carbonyl (C=O) groups is 1. The molecule has 0 heterocycles. The van der Waals surface area contributed by atoms with Gasteiger partial charge >= 0.3 is 0 Å². The Balaban J connectivity index is 2.32. The van der Waals surface area contributed by atoms with Gasteiger partial charge in [-0.2, -0.15) is 0 Å². The van der Waals surface area contributed by atoms with Crippen molar-refractivity contribution in [3.63, 3.8) is 0 Å². The van der Waals surface area contributed by atoms with E-state index in [0.717, 1.165) is 25.0 Å². The molecule has 1 aromatic carbocycles. The Morgan fingerprint density at radius 1 is 1.14 bits per heavy atom. The van der Waals surface area contributed by atoms with E-state index in [4.69, 9.17) is 10.5 Å². The van der Waals surface area contributed by atoms with Crippen LogP contribution in [0, 0.1) is 11.8 Å². The molecule has 2 N–H and O–H groups in total. The summed E-state index contributed by atoms with van der Waals surface area (Å²) < 4.78 is 5.13. The Kier molecular flexibility index (Phi) is 8.06. The highest BCUT2D eigenvalue weighted by Gasteiger charge is 2.14. The van der Waals surface area contributed by atoms with Gasteiger partial charge in [0.1, 0.15) is 11.5 Å². The Bertz CT molecular complexity index is 412. The van der Waals surface area contributed by atoms with Crippen LogP contribution < -0.4 is 10.5 Å². The lowest BCUT2D eigenvalue weighted by molar-refractivity contribution is -0.119. The van der Waals surface area contributed by atoms with E-state index in [1.807, 2.05) is 24.3 Å². The molecule has 1 atom stereocenters. The van der Waals surface area contributed by atoms with E-state index in [1.54, 1.807) is 7.11 Å². The van der Waals surface area contributed by atoms with Gasteiger partial charge in [0.2, 0.25) is 0 Å². The van der Waals surface area contributed by atoms with Crippen LogP contribution >= 0.6 is 0 Å². The van der Waals surface area contributed by atoms with Gasteiger partial charge in [0.05, 0.1) is 7.11 Å². The van der Waals surface area contributed by atoms with Crippen molar-refractivity contribution in [2.75, 3.05) is 13.7 Å². The second-order valence-corrected chi connectivity index (χ2v) is 6.01. The number of nitrogens with two attached hydrogens (primary N) is 1. The highest BCUT2D eigenvalue weighted by Crippen LogP contribution is 2.21. The van der Waals surface area contributed by atoms with Crippen LogP contribution in [-0.4, -0.2) is 19.4 Å². The summed E-state index contributed by atoms with van der Waals surface area (Å²) in [5.74, 6) is 2.38. The number of ketones is 1. The number of Topliss-reactive ketones (excluding diaryl/α,β-unsaturated/α-hetero) is 1. The fourth-order valence-electron chi connectivity index (χ4n) is 2.57. The number of hydrogen-bond acceptors (Lipinski definition) is 3. The van der Waals surface area contributed by atoms with Gasteiger partial charge in [-0.1, -0.05) is 26.0 Å². The van der Waals surface area contributed by atoms with E-state index < -0.39 is 0 Å². The first-order valence-corrected chi connectivity index (χ1v) is 7.91. The SMILES string of the molecule is COc1ccc(CCC(=O)CCC(CCN)C(C)C)cc1. The number of methoxy groups -OCH3 is 1. The van der Waals surface area contributed by atoms with Gasteiger partial charge in [0.15, 0.2) is 0 Å². The summed E-state index contributed by atoms with van der Waals surface area (Å²) in [6.45, 7) is 5.13. The highest BCUT2D eigenvalue weighted by molar-refractivity contribution is 5.78. The third kappa shape index (κ3) is 6.76. The summed E-state index contributed by atoms with van der Waals surface area (Å²) in [5.41, 5.74) is 6.82. The van der Waals surface area contributed by atoms with Crippen molar-refractivity contribution in [2.24, 2.45) is 17.6 Å². The molecule has 1 rings (SSSR count). The van der Waals surface area contributed by atoms with Crippen molar-refractivity contribution in [3.8, 4) is 5.75 Å². The van der Waals surface area contributed by atoms with E-state index in [2.05, 4.69) is 13.8 Å². The zero-order valence-electron chi connectivity index (χ0n) is 13.6. The van der Waals surface area contributed by atoms with Gasteiger partial charge in [-0.05, 0) is 55.3 Å². The summed E-state index contributed by atoms with van der Waals surface area (Å²) in [4.78, 5) is 12.0. The third-order valence-corrected chi connectivity index (χ3v) is 4.13. The number of carbonyl (C=O) groups excluding carboxylic acids is 1. The standard InChI is InChI=1S/C18H29NO2/c1-14(2)16(12-13-19)7-9-17(20)8-4-15-5-10-18(21-3)11-6-15/h5-6,10-11,14,16H,4,7-9,12-13,19H2,1-3H3. The van der Waals surface area contributed by atoms with Gasteiger partial charge in [-0.15, -0.1) is 0 Å². The minimum Gasteiger partial charge on any atom is -0.497 e. The average molecular weight is 291 g/mol. The van der Waals surface area contributed by atoms with Crippen LogP contribution in [0.25, 0.3) is 0 Å². The molecule has 1 unspecified atom stereocenters. The second kappa shape index (κ2) is 9.56. The summed E-state index contributed by atoms with van der Waals surface area (Å²) in [6, 6.07) is 7.93. The van der Waals surface area contributed by atoms with E-state index >= 15 is 0 Å². The van der Waals surface area contributed by atoms with Crippen LogP contribution in [0.15, 0.2) is 24.3 Å². The van der Waals surface area contributed by atoms with Crippen LogP contribution in [0.4, 0.5) is 0 Å². The lowest BCUT2D eigenvalue weighted by Crippen LogP contribution is -2.16. The third-order valence-electron chi connectivity index (χ3n) is 4.13. The Morgan fingerprint density at radius 3 is 2.33 bits per heavy atom. The van der Waals surface area contributed by atoms with Crippen LogP contribution in [0.5, 0.6) is 5.75 Å². The first kappa shape index (κ1) is 17.7. The molecule has 0 fully saturated rings. The van der Waals surface area contributed by atoms with Gasteiger partial charge in [0.25, 0.3) is 0 Å². The summed E-state index contributed by atoms with van der Waals surface area (Å²) in [5, 5.41) is 0. The monoisotopic (exact) mass is 291 g/mol. The van der Waals surface area contributed by atoms with Crippen molar-refractivity contribution in [2.45, 2.75) is 46.0 Å². The first-order valence-electron chi connectivity index (χ1n) is 7.91. The zero-order valence-corrected chi connectivity index (χ0v) is 13.6. The van der Waals surface area contributed by atoms with Crippen molar-refractivity contribution in [3.05, 3.63) is 29.8 Å². The Labute approximate surface area is 128 Å². The minimum absolute atomic E-state index is 0.355. The predicted octanol–water partition coefficient (Wildman–Crippen LogP) is 3.60. The van der Waals surface area contributed by atoms with Crippen LogP contribution in [-0.2, 0) is 11.2 Å². The normalized spacial score (nSPS) is 12.4. The van der Waals surface area contributed by atoms with Gasteiger partial charge < -0.3 is 10.5 Å². The Morgan fingerprint density at radius 2 is 1.81 bits per heavy atom. The minimum atomic E-state index is 0.355. The maximum Gasteiger partial charge on any atom is 0.133 e.